The number of nitro groups is 1. The fourth-order valence-corrected chi connectivity index (χ4v) is 3.25. The normalized spacial score (nSPS) is 21.8. The van der Waals surface area contributed by atoms with Gasteiger partial charge in [-0.25, -0.2) is 0 Å². The van der Waals surface area contributed by atoms with Crippen LogP contribution in [0.1, 0.15) is 49.4 Å². The van der Waals surface area contributed by atoms with Crippen LogP contribution in [0.3, 0.4) is 0 Å². The minimum atomic E-state index is -0.575. The van der Waals surface area contributed by atoms with Crippen molar-refractivity contribution in [1.82, 2.24) is 5.32 Å². The first-order valence-electron chi connectivity index (χ1n) is 7.28. The summed E-state index contributed by atoms with van der Waals surface area (Å²) in [6, 6.07) is 4.44. The third-order valence-corrected chi connectivity index (χ3v) is 4.57. The molecule has 1 N–H and O–H groups in total. The van der Waals surface area contributed by atoms with Gasteiger partial charge in [0.2, 0.25) is 0 Å². The summed E-state index contributed by atoms with van der Waals surface area (Å²) in [5.41, 5.74) is -0.0636. The van der Waals surface area contributed by atoms with Gasteiger partial charge in [0.05, 0.1) is 10.5 Å². The highest BCUT2D eigenvalue weighted by Crippen LogP contribution is 2.30. The number of rotatable bonds is 4. The highest BCUT2D eigenvalue weighted by Gasteiger charge is 2.27. The van der Waals surface area contributed by atoms with Crippen molar-refractivity contribution in [3.63, 3.8) is 0 Å². The lowest BCUT2D eigenvalue weighted by atomic mass is 9.83. The zero-order valence-electron chi connectivity index (χ0n) is 12.0. The van der Waals surface area contributed by atoms with E-state index >= 15 is 0 Å². The van der Waals surface area contributed by atoms with E-state index < -0.39 is 4.92 Å². The van der Waals surface area contributed by atoms with Gasteiger partial charge < -0.3 is 5.32 Å². The summed E-state index contributed by atoms with van der Waals surface area (Å²) in [4.78, 5) is 22.7. The molecule has 0 heterocycles. The van der Waals surface area contributed by atoms with E-state index in [1.807, 2.05) is 0 Å². The molecule has 21 heavy (non-hydrogen) atoms. The van der Waals surface area contributed by atoms with Gasteiger partial charge in [0.25, 0.3) is 11.6 Å². The monoisotopic (exact) mass is 310 g/mol. The van der Waals surface area contributed by atoms with Crippen LogP contribution in [0, 0.1) is 16.0 Å². The largest absolute Gasteiger partial charge is 0.349 e. The van der Waals surface area contributed by atoms with Gasteiger partial charge in [-0.15, -0.1) is 0 Å². The summed E-state index contributed by atoms with van der Waals surface area (Å²) in [6.45, 7) is 2.12. The second-order valence-electron chi connectivity index (χ2n) is 5.43. The fourth-order valence-electron chi connectivity index (χ4n) is 2.97. The standard InChI is InChI=1S/C15H19ClN2O3/c1-2-10-6-3-4-8-12(10)17-15(19)11-7-5-9-13(14(11)16)18(20)21/h5,7,9-10,12H,2-4,6,8H2,1H3,(H,17,19). The van der Waals surface area contributed by atoms with Crippen LogP contribution in [0.4, 0.5) is 5.69 Å². The van der Waals surface area contributed by atoms with E-state index in [4.69, 9.17) is 11.6 Å². The van der Waals surface area contributed by atoms with Gasteiger partial charge in [0.1, 0.15) is 5.02 Å². The average molecular weight is 311 g/mol. The van der Waals surface area contributed by atoms with E-state index in [0.29, 0.717) is 5.92 Å². The highest BCUT2D eigenvalue weighted by molar-refractivity contribution is 6.35. The molecule has 1 aromatic carbocycles. The molecule has 0 aliphatic heterocycles. The third kappa shape index (κ3) is 3.53. The molecule has 1 aromatic rings. The molecule has 1 saturated carbocycles. The first-order valence-corrected chi connectivity index (χ1v) is 7.66. The Balaban J connectivity index is 2.17. The van der Waals surface area contributed by atoms with Crippen LogP contribution < -0.4 is 5.32 Å². The minimum Gasteiger partial charge on any atom is -0.349 e. The molecule has 0 bridgehead atoms. The number of nitro benzene ring substituents is 1. The van der Waals surface area contributed by atoms with Crippen molar-refractivity contribution >= 4 is 23.2 Å². The van der Waals surface area contributed by atoms with Gasteiger partial charge >= 0.3 is 0 Å². The number of halogens is 1. The van der Waals surface area contributed by atoms with Crippen molar-refractivity contribution in [3.05, 3.63) is 38.9 Å². The molecule has 1 fully saturated rings. The Labute approximate surface area is 128 Å². The Morgan fingerprint density at radius 3 is 2.81 bits per heavy atom. The van der Waals surface area contributed by atoms with Crippen LogP contribution in [0.2, 0.25) is 5.02 Å². The number of carbonyl (C=O) groups excluding carboxylic acids is 1. The number of benzene rings is 1. The molecule has 2 unspecified atom stereocenters. The van der Waals surface area contributed by atoms with Crippen LogP contribution in [-0.4, -0.2) is 16.9 Å². The Bertz CT molecular complexity index is 548. The van der Waals surface area contributed by atoms with E-state index in [2.05, 4.69) is 12.2 Å². The third-order valence-electron chi connectivity index (χ3n) is 4.17. The maximum atomic E-state index is 12.4. The maximum Gasteiger partial charge on any atom is 0.288 e. The summed E-state index contributed by atoms with van der Waals surface area (Å²) in [7, 11) is 0. The van der Waals surface area contributed by atoms with E-state index in [1.54, 1.807) is 0 Å². The van der Waals surface area contributed by atoms with Crippen molar-refractivity contribution in [2.45, 2.75) is 45.1 Å². The summed E-state index contributed by atoms with van der Waals surface area (Å²) in [6.07, 6.45) is 5.39. The summed E-state index contributed by atoms with van der Waals surface area (Å²) in [5, 5.41) is 13.8. The summed E-state index contributed by atoms with van der Waals surface area (Å²) < 4.78 is 0. The SMILES string of the molecule is CCC1CCCCC1NC(=O)c1cccc([N+](=O)[O-])c1Cl. The molecule has 0 spiro atoms. The van der Waals surface area contributed by atoms with Crippen LogP contribution >= 0.6 is 11.6 Å². The number of nitrogens with zero attached hydrogens (tertiary/aromatic N) is 1. The van der Waals surface area contributed by atoms with E-state index in [0.717, 1.165) is 25.7 Å². The second-order valence-corrected chi connectivity index (χ2v) is 5.81. The molecule has 1 aliphatic carbocycles. The van der Waals surface area contributed by atoms with Crippen molar-refractivity contribution in [3.8, 4) is 0 Å². The Hall–Kier alpha value is -1.62. The first kappa shape index (κ1) is 15.8. The molecule has 0 radical (unpaired) electrons. The molecule has 0 saturated heterocycles. The second kappa shape index (κ2) is 6.89. The number of nitrogens with one attached hydrogen (secondary N) is 1. The predicted octanol–water partition coefficient (Wildman–Crippen LogP) is 3.95. The Morgan fingerprint density at radius 2 is 2.14 bits per heavy atom. The lowest BCUT2D eigenvalue weighted by molar-refractivity contribution is -0.384. The van der Waals surface area contributed by atoms with Crippen LogP contribution in [0.25, 0.3) is 0 Å². The average Bonchev–Trinajstić information content (AvgIpc) is 2.47. The van der Waals surface area contributed by atoms with Crippen molar-refractivity contribution < 1.29 is 9.72 Å². The molecule has 6 heteroatoms. The number of hydrogen-bond acceptors (Lipinski definition) is 3. The molecule has 2 atom stereocenters. The van der Waals surface area contributed by atoms with Gasteiger partial charge in [0.15, 0.2) is 0 Å². The molecule has 2 rings (SSSR count). The van der Waals surface area contributed by atoms with Crippen LogP contribution in [0.5, 0.6) is 0 Å². The quantitative estimate of drug-likeness (QED) is 0.676. The summed E-state index contributed by atoms with van der Waals surface area (Å²) >= 11 is 5.98. The van der Waals surface area contributed by atoms with E-state index in [-0.39, 0.29) is 28.2 Å². The number of carbonyl (C=O) groups is 1. The predicted molar refractivity (Wildman–Crippen MR) is 81.6 cm³/mol. The molecule has 5 nitrogen and oxygen atoms in total. The number of amides is 1. The van der Waals surface area contributed by atoms with E-state index in [1.165, 1.54) is 24.6 Å². The van der Waals surface area contributed by atoms with Crippen molar-refractivity contribution in [2.24, 2.45) is 5.92 Å². The lowest BCUT2D eigenvalue weighted by Crippen LogP contribution is -2.42. The van der Waals surface area contributed by atoms with Gasteiger partial charge in [0, 0.05) is 12.1 Å². The zero-order chi connectivity index (χ0) is 15.4. The fraction of sp³-hybridized carbons (Fsp3) is 0.533. The van der Waals surface area contributed by atoms with Crippen molar-refractivity contribution in [2.75, 3.05) is 0 Å². The highest BCUT2D eigenvalue weighted by atomic mass is 35.5. The molecule has 1 amide bonds. The lowest BCUT2D eigenvalue weighted by Gasteiger charge is -2.31. The van der Waals surface area contributed by atoms with E-state index in [9.17, 15) is 14.9 Å². The van der Waals surface area contributed by atoms with Gasteiger partial charge in [-0.05, 0) is 24.8 Å². The molecule has 114 valence electrons. The Kier molecular flexibility index (Phi) is 5.17. The molecular formula is C15H19ClN2O3. The zero-order valence-corrected chi connectivity index (χ0v) is 12.7. The van der Waals surface area contributed by atoms with Crippen LogP contribution in [0.15, 0.2) is 18.2 Å². The smallest absolute Gasteiger partial charge is 0.288 e. The van der Waals surface area contributed by atoms with Crippen LogP contribution in [-0.2, 0) is 0 Å². The Morgan fingerprint density at radius 1 is 1.43 bits per heavy atom. The summed E-state index contributed by atoms with van der Waals surface area (Å²) in [5.74, 6) is 0.147. The van der Waals surface area contributed by atoms with Gasteiger partial charge in [-0.1, -0.05) is 43.9 Å². The molecule has 1 aliphatic rings. The maximum absolute atomic E-state index is 12.4. The van der Waals surface area contributed by atoms with Crippen molar-refractivity contribution in [1.29, 1.82) is 0 Å². The minimum absolute atomic E-state index is 0.0937. The molecular weight excluding hydrogens is 292 g/mol. The van der Waals surface area contributed by atoms with Gasteiger partial charge in [-0.2, -0.15) is 0 Å². The van der Waals surface area contributed by atoms with Gasteiger partial charge in [-0.3, -0.25) is 14.9 Å². The first-order chi connectivity index (χ1) is 10.0. The number of hydrogen-bond donors (Lipinski definition) is 1. The topological polar surface area (TPSA) is 72.2 Å². The molecule has 0 aromatic heterocycles.